The molecule has 0 unspecified atom stereocenters. The van der Waals surface area contributed by atoms with E-state index in [-0.39, 0.29) is 11.3 Å². The number of hydrogen-bond acceptors (Lipinski definition) is 4. The van der Waals surface area contributed by atoms with Crippen LogP contribution in [0.4, 0.5) is 22.0 Å². The Kier molecular flexibility index (Phi) is 5.39. The first-order chi connectivity index (χ1) is 12.1. The summed E-state index contributed by atoms with van der Waals surface area (Å²) >= 11 is 0. The maximum Gasteiger partial charge on any atom is 0.349 e. The second-order valence-corrected chi connectivity index (χ2v) is 4.95. The van der Waals surface area contributed by atoms with Gasteiger partial charge in [0.25, 0.3) is 0 Å². The maximum atomic E-state index is 13.7. The molecule has 0 heterocycles. The molecule has 0 aromatic heterocycles. The van der Waals surface area contributed by atoms with E-state index in [9.17, 15) is 31.5 Å². The molecule has 0 fully saturated rings. The van der Waals surface area contributed by atoms with Crippen LogP contribution in [0.5, 0.6) is 11.5 Å². The minimum absolute atomic E-state index is 0.00546. The molecule has 0 bridgehead atoms. The van der Waals surface area contributed by atoms with Gasteiger partial charge in [0.2, 0.25) is 5.82 Å². The average Bonchev–Trinajstić information content (AvgIpc) is 2.60. The fourth-order valence-electron chi connectivity index (χ4n) is 1.74. The van der Waals surface area contributed by atoms with Crippen molar-refractivity contribution in [3.63, 3.8) is 0 Å². The lowest BCUT2D eigenvalue weighted by atomic mass is 10.1. The van der Waals surface area contributed by atoms with Crippen molar-refractivity contribution >= 4 is 11.9 Å². The summed E-state index contributed by atoms with van der Waals surface area (Å²) in [7, 11) is 0. The third-order valence-electron chi connectivity index (χ3n) is 3.02. The molecule has 0 aliphatic heterocycles. The number of carbonyl (C=O) groups excluding carboxylic acids is 2. The highest BCUT2D eigenvalue weighted by atomic mass is 19.2. The summed E-state index contributed by atoms with van der Waals surface area (Å²) in [6, 6.07) is 4.98. The highest BCUT2D eigenvalue weighted by Gasteiger charge is 2.31. The maximum absolute atomic E-state index is 13.7. The van der Waals surface area contributed by atoms with Gasteiger partial charge >= 0.3 is 11.9 Å². The van der Waals surface area contributed by atoms with Crippen LogP contribution in [0.2, 0.25) is 0 Å². The second kappa shape index (κ2) is 7.34. The topological polar surface area (TPSA) is 52.6 Å². The van der Waals surface area contributed by atoms with Gasteiger partial charge in [0, 0.05) is 5.57 Å². The lowest BCUT2D eigenvalue weighted by Gasteiger charge is -2.11. The number of para-hydroxylation sites is 2. The Hall–Kier alpha value is -3.23. The van der Waals surface area contributed by atoms with Crippen LogP contribution < -0.4 is 9.47 Å². The van der Waals surface area contributed by atoms with Gasteiger partial charge in [0.15, 0.2) is 34.8 Å². The standard InChI is InChI=1S/C17H9F5O4/c1-7(2)16(23)25-8-5-3-4-6-9(8)26-17(24)10-11(18)13(20)15(22)14(21)12(10)19/h3-6H,1H2,2H3. The second-order valence-electron chi connectivity index (χ2n) is 4.95. The van der Waals surface area contributed by atoms with Gasteiger partial charge in [0.1, 0.15) is 5.56 Å². The van der Waals surface area contributed by atoms with E-state index in [1.54, 1.807) is 0 Å². The van der Waals surface area contributed by atoms with Gasteiger partial charge in [-0.25, -0.2) is 31.5 Å². The fraction of sp³-hybridized carbons (Fsp3) is 0.0588. The minimum atomic E-state index is -2.41. The van der Waals surface area contributed by atoms with Gasteiger partial charge in [-0.3, -0.25) is 0 Å². The van der Waals surface area contributed by atoms with Gasteiger partial charge < -0.3 is 9.47 Å². The van der Waals surface area contributed by atoms with Crippen molar-refractivity contribution in [1.29, 1.82) is 0 Å². The lowest BCUT2D eigenvalue weighted by Crippen LogP contribution is -2.18. The van der Waals surface area contributed by atoms with E-state index in [4.69, 9.17) is 4.74 Å². The van der Waals surface area contributed by atoms with Crippen LogP contribution in [-0.2, 0) is 4.79 Å². The molecule has 2 rings (SSSR count). The Labute approximate surface area is 143 Å². The molecule has 136 valence electrons. The summed E-state index contributed by atoms with van der Waals surface area (Å²) < 4.78 is 76.2. The number of halogens is 5. The molecule has 4 nitrogen and oxygen atoms in total. The summed E-state index contributed by atoms with van der Waals surface area (Å²) in [5.41, 5.74) is -1.77. The number of rotatable bonds is 4. The number of ether oxygens (including phenoxy) is 2. The van der Waals surface area contributed by atoms with E-state index in [1.165, 1.54) is 25.1 Å². The van der Waals surface area contributed by atoms with Gasteiger partial charge in [-0.15, -0.1) is 0 Å². The van der Waals surface area contributed by atoms with E-state index < -0.39 is 52.3 Å². The third kappa shape index (κ3) is 3.56. The first kappa shape index (κ1) is 19.1. The summed E-state index contributed by atoms with van der Waals surface area (Å²) in [5.74, 6) is -15.2. The van der Waals surface area contributed by atoms with E-state index >= 15 is 0 Å². The Bertz CT molecular complexity index is 895. The third-order valence-corrected chi connectivity index (χ3v) is 3.02. The summed E-state index contributed by atoms with van der Waals surface area (Å²) in [6.45, 7) is 4.68. The summed E-state index contributed by atoms with van der Waals surface area (Å²) in [4.78, 5) is 23.5. The van der Waals surface area contributed by atoms with E-state index in [2.05, 4.69) is 11.3 Å². The van der Waals surface area contributed by atoms with Crippen molar-refractivity contribution in [2.75, 3.05) is 0 Å². The van der Waals surface area contributed by atoms with Gasteiger partial charge in [-0.1, -0.05) is 18.7 Å². The van der Waals surface area contributed by atoms with Crippen molar-refractivity contribution < 1.29 is 41.0 Å². The number of benzene rings is 2. The predicted molar refractivity (Wildman–Crippen MR) is 78.1 cm³/mol. The van der Waals surface area contributed by atoms with Crippen molar-refractivity contribution in [3.05, 3.63) is 71.1 Å². The zero-order valence-electron chi connectivity index (χ0n) is 13.0. The van der Waals surface area contributed by atoms with Crippen LogP contribution >= 0.6 is 0 Å². The Balaban J connectivity index is 2.41. The molecule has 26 heavy (non-hydrogen) atoms. The van der Waals surface area contributed by atoms with Gasteiger partial charge in [-0.2, -0.15) is 0 Å². The molecule has 0 saturated carbocycles. The first-order valence-electron chi connectivity index (χ1n) is 6.85. The van der Waals surface area contributed by atoms with Crippen LogP contribution in [0.3, 0.4) is 0 Å². The first-order valence-corrected chi connectivity index (χ1v) is 6.85. The van der Waals surface area contributed by atoms with E-state index in [0.29, 0.717) is 0 Å². The Morgan fingerprint density at radius 1 is 0.808 bits per heavy atom. The van der Waals surface area contributed by atoms with Crippen molar-refractivity contribution in [2.45, 2.75) is 6.92 Å². The van der Waals surface area contributed by atoms with Crippen LogP contribution in [-0.4, -0.2) is 11.9 Å². The molecule has 0 aliphatic rings. The quantitative estimate of drug-likeness (QED) is 0.203. The molecule has 0 atom stereocenters. The highest BCUT2D eigenvalue weighted by Crippen LogP contribution is 2.30. The molecule has 9 heteroatoms. The Morgan fingerprint density at radius 2 is 1.23 bits per heavy atom. The zero-order valence-corrected chi connectivity index (χ0v) is 13.0. The molecule has 0 N–H and O–H groups in total. The molecule has 0 saturated heterocycles. The smallest absolute Gasteiger partial charge is 0.349 e. The molecule has 2 aromatic carbocycles. The van der Waals surface area contributed by atoms with Crippen molar-refractivity contribution in [1.82, 2.24) is 0 Å². The lowest BCUT2D eigenvalue weighted by molar-refractivity contribution is -0.130. The molecular weight excluding hydrogens is 363 g/mol. The summed E-state index contributed by atoms with van der Waals surface area (Å²) in [5, 5.41) is 0. The highest BCUT2D eigenvalue weighted by molar-refractivity contribution is 5.93. The molecule has 0 aliphatic carbocycles. The van der Waals surface area contributed by atoms with Crippen molar-refractivity contribution in [2.24, 2.45) is 0 Å². The molecular formula is C17H9F5O4. The van der Waals surface area contributed by atoms with E-state index in [0.717, 1.165) is 6.07 Å². The number of hydrogen-bond donors (Lipinski definition) is 0. The van der Waals surface area contributed by atoms with Crippen molar-refractivity contribution in [3.8, 4) is 11.5 Å². The number of carbonyl (C=O) groups is 2. The number of esters is 2. The normalized spacial score (nSPS) is 10.4. The van der Waals surface area contributed by atoms with Crippen LogP contribution in [0.15, 0.2) is 36.4 Å². The molecule has 0 spiro atoms. The van der Waals surface area contributed by atoms with Gasteiger partial charge in [0.05, 0.1) is 0 Å². The van der Waals surface area contributed by atoms with Crippen LogP contribution in [0.25, 0.3) is 0 Å². The fourth-order valence-corrected chi connectivity index (χ4v) is 1.74. The molecule has 0 radical (unpaired) electrons. The van der Waals surface area contributed by atoms with Crippen LogP contribution in [0, 0.1) is 29.1 Å². The molecule has 2 aromatic rings. The average molecular weight is 372 g/mol. The zero-order chi connectivity index (χ0) is 19.6. The van der Waals surface area contributed by atoms with Crippen LogP contribution in [0.1, 0.15) is 17.3 Å². The summed E-state index contributed by atoms with van der Waals surface area (Å²) in [6.07, 6.45) is 0. The monoisotopic (exact) mass is 372 g/mol. The Morgan fingerprint density at radius 3 is 1.69 bits per heavy atom. The SMILES string of the molecule is C=C(C)C(=O)Oc1ccccc1OC(=O)c1c(F)c(F)c(F)c(F)c1F. The molecule has 0 amide bonds. The predicted octanol–water partition coefficient (Wildman–Crippen LogP) is 4.08. The largest absolute Gasteiger partial charge is 0.419 e. The minimum Gasteiger partial charge on any atom is -0.419 e. The van der Waals surface area contributed by atoms with Gasteiger partial charge in [-0.05, 0) is 19.1 Å². The van der Waals surface area contributed by atoms with E-state index in [1.807, 2.05) is 0 Å².